The van der Waals surface area contributed by atoms with E-state index in [0.29, 0.717) is 31.4 Å². The molecule has 2 N–H and O–H groups in total. The van der Waals surface area contributed by atoms with Crippen LogP contribution in [0, 0.1) is 0 Å². The number of halogens is 1. The van der Waals surface area contributed by atoms with Crippen molar-refractivity contribution in [2.24, 2.45) is 4.99 Å². The number of benzene rings is 1. The van der Waals surface area contributed by atoms with Crippen molar-refractivity contribution in [3.63, 3.8) is 0 Å². The quantitative estimate of drug-likeness (QED) is 0.284. The highest BCUT2D eigenvalue weighted by Crippen LogP contribution is 2.30. The van der Waals surface area contributed by atoms with Gasteiger partial charge < -0.3 is 29.3 Å². The Hall–Kier alpha value is -1.94. The van der Waals surface area contributed by atoms with Crippen LogP contribution in [0.15, 0.2) is 46.0 Å². The van der Waals surface area contributed by atoms with Crippen LogP contribution in [-0.2, 0) is 11.2 Å². The number of aliphatic imine (C=N–C) groups is 1. The summed E-state index contributed by atoms with van der Waals surface area (Å²) in [6.45, 7) is 4.70. The van der Waals surface area contributed by atoms with E-state index in [1.165, 1.54) is 6.42 Å². The second-order valence-corrected chi connectivity index (χ2v) is 6.86. The van der Waals surface area contributed by atoms with Crippen molar-refractivity contribution in [3.05, 3.63) is 42.4 Å². The Balaban J connectivity index is 0.00000320. The number of hydrogen-bond donors (Lipinski definition) is 2. The van der Waals surface area contributed by atoms with E-state index in [1.54, 1.807) is 13.4 Å². The van der Waals surface area contributed by atoms with Gasteiger partial charge in [0.05, 0.1) is 32.6 Å². The fourth-order valence-electron chi connectivity index (χ4n) is 3.20. The van der Waals surface area contributed by atoms with Gasteiger partial charge in [-0.05, 0) is 50.5 Å². The molecule has 8 heteroatoms. The lowest BCUT2D eigenvalue weighted by molar-refractivity contribution is 0.0225. The van der Waals surface area contributed by atoms with Gasteiger partial charge in [0.2, 0.25) is 0 Å². The summed E-state index contributed by atoms with van der Waals surface area (Å²) in [6, 6.07) is 9.63. The van der Waals surface area contributed by atoms with Crippen LogP contribution in [0.4, 0.5) is 5.69 Å². The first kappa shape index (κ1) is 24.3. The van der Waals surface area contributed by atoms with E-state index in [1.807, 2.05) is 37.3 Å². The van der Waals surface area contributed by atoms with Crippen LogP contribution in [0.3, 0.4) is 0 Å². The maximum absolute atomic E-state index is 5.81. The first-order valence-corrected chi connectivity index (χ1v) is 10.3. The van der Waals surface area contributed by atoms with Crippen LogP contribution in [0.25, 0.3) is 0 Å². The number of nitrogens with zero attached hydrogens (tertiary/aromatic N) is 1. The lowest BCUT2D eigenvalue weighted by atomic mass is 10.1. The molecule has 2 aromatic rings. The lowest BCUT2D eigenvalue weighted by Crippen LogP contribution is -2.34. The molecule has 0 saturated carbocycles. The maximum atomic E-state index is 5.81. The standard InChI is InChI=1S/C22H31N3O4.HI/c1-3-27-20-10-9-17(15-21(20)26-2)25-22(23-12-11-18-8-6-14-28-18)24-16-19-7-4-5-13-29-19;/h6,8-10,14-15,19H,3-5,7,11-13,16H2,1-2H3,(H2,23,24,25);1H. The molecule has 1 fully saturated rings. The zero-order chi connectivity index (χ0) is 20.3. The van der Waals surface area contributed by atoms with Crippen LogP contribution in [0.2, 0.25) is 0 Å². The Bertz CT molecular complexity index is 762. The molecule has 3 rings (SSSR count). The molecule has 7 nitrogen and oxygen atoms in total. The highest BCUT2D eigenvalue weighted by molar-refractivity contribution is 14.0. The Labute approximate surface area is 195 Å². The summed E-state index contributed by atoms with van der Waals surface area (Å²) >= 11 is 0. The monoisotopic (exact) mass is 529 g/mol. The Kier molecular flexibility index (Phi) is 10.9. The van der Waals surface area contributed by atoms with Gasteiger partial charge in [-0.2, -0.15) is 0 Å². The van der Waals surface area contributed by atoms with E-state index in [2.05, 4.69) is 10.6 Å². The van der Waals surface area contributed by atoms with Crippen LogP contribution in [0.5, 0.6) is 11.5 Å². The maximum Gasteiger partial charge on any atom is 0.195 e. The van der Waals surface area contributed by atoms with Crippen molar-refractivity contribution in [1.29, 1.82) is 0 Å². The first-order chi connectivity index (χ1) is 14.3. The van der Waals surface area contributed by atoms with Gasteiger partial charge in [0.1, 0.15) is 5.76 Å². The summed E-state index contributed by atoms with van der Waals surface area (Å²) in [7, 11) is 1.64. The first-order valence-electron chi connectivity index (χ1n) is 10.3. The van der Waals surface area contributed by atoms with E-state index < -0.39 is 0 Å². The SMILES string of the molecule is CCOc1ccc(NC(=NCC2CCCCO2)NCCc2ccco2)cc1OC.I. The molecule has 0 spiro atoms. The van der Waals surface area contributed by atoms with Crippen molar-refractivity contribution in [3.8, 4) is 11.5 Å². The fraction of sp³-hybridized carbons (Fsp3) is 0.500. The summed E-state index contributed by atoms with van der Waals surface area (Å²) in [5, 5.41) is 6.73. The summed E-state index contributed by atoms with van der Waals surface area (Å²) in [5.41, 5.74) is 0.874. The van der Waals surface area contributed by atoms with Gasteiger partial charge in [-0.25, -0.2) is 0 Å². The van der Waals surface area contributed by atoms with E-state index in [4.69, 9.17) is 23.6 Å². The second-order valence-electron chi connectivity index (χ2n) is 6.86. The van der Waals surface area contributed by atoms with Gasteiger partial charge in [-0.1, -0.05) is 0 Å². The molecular formula is C22H32IN3O4. The van der Waals surface area contributed by atoms with E-state index in [0.717, 1.165) is 43.1 Å². The summed E-state index contributed by atoms with van der Waals surface area (Å²) < 4.78 is 22.3. The zero-order valence-electron chi connectivity index (χ0n) is 17.7. The molecule has 1 aliphatic rings. The second kappa shape index (κ2) is 13.4. The average Bonchev–Trinajstić information content (AvgIpc) is 3.27. The smallest absolute Gasteiger partial charge is 0.195 e. The van der Waals surface area contributed by atoms with E-state index in [-0.39, 0.29) is 30.1 Å². The molecule has 0 radical (unpaired) electrons. The molecule has 0 aliphatic carbocycles. The Morgan fingerprint density at radius 2 is 2.13 bits per heavy atom. The number of ether oxygens (including phenoxy) is 3. The molecule has 166 valence electrons. The van der Waals surface area contributed by atoms with Crippen molar-refractivity contribution in [2.75, 3.05) is 38.7 Å². The number of hydrogen-bond acceptors (Lipinski definition) is 5. The van der Waals surface area contributed by atoms with Crippen molar-refractivity contribution in [2.45, 2.75) is 38.7 Å². The highest BCUT2D eigenvalue weighted by atomic mass is 127. The number of guanidine groups is 1. The summed E-state index contributed by atoms with van der Waals surface area (Å²) in [6.07, 6.45) is 6.04. The van der Waals surface area contributed by atoms with Gasteiger partial charge in [0, 0.05) is 31.3 Å². The number of anilines is 1. The number of methoxy groups -OCH3 is 1. The minimum Gasteiger partial charge on any atom is -0.493 e. The third-order valence-corrected chi connectivity index (χ3v) is 4.70. The molecule has 1 atom stereocenters. The third kappa shape index (κ3) is 7.71. The molecule has 0 bridgehead atoms. The molecule has 1 aromatic heterocycles. The Morgan fingerprint density at radius 1 is 1.23 bits per heavy atom. The minimum absolute atomic E-state index is 0. The van der Waals surface area contributed by atoms with Crippen LogP contribution < -0.4 is 20.1 Å². The van der Waals surface area contributed by atoms with Crippen LogP contribution in [-0.4, -0.2) is 45.5 Å². The van der Waals surface area contributed by atoms with Crippen LogP contribution in [0.1, 0.15) is 31.9 Å². The molecule has 30 heavy (non-hydrogen) atoms. The van der Waals surface area contributed by atoms with Gasteiger partial charge in [-0.3, -0.25) is 4.99 Å². The number of nitrogens with one attached hydrogen (secondary N) is 2. The molecule has 1 aromatic carbocycles. The van der Waals surface area contributed by atoms with Crippen molar-refractivity contribution < 1.29 is 18.6 Å². The number of furan rings is 1. The molecular weight excluding hydrogens is 497 g/mol. The molecule has 1 unspecified atom stereocenters. The van der Waals surface area contributed by atoms with Gasteiger partial charge in [0.25, 0.3) is 0 Å². The zero-order valence-corrected chi connectivity index (χ0v) is 20.0. The minimum atomic E-state index is 0. The topological polar surface area (TPSA) is 77.2 Å². The van der Waals surface area contributed by atoms with Gasteiger partial charge in [0.15, 0.2) is 17.5 Å². The fourth-order valence-corrected chi connectivity index (χ4v) is 3.20. The molecule has 2 heterocycles. The van der Waals surface area contributed by atoms with Crippen LogP contribution >= 0.6 is 24.0 Å². The highest BCUT2D eigenvalue weighted by Gasteiger charge is 2.14. The van der Waals surface area contributed by atoms with E-state index >= 15 is 0 Å². The largest absolute Gasteiger partial charge is 0.493 e. The molecule has 1 aliphatic heterocycles. The summed E-state index contributed by atoms with van der Waals surface area (Å²) in [5.74, 6) is 3.05. The average molecular weight is 529 g/mol. The van der Waals surface area contributed by atoms with Crippen molar-refractivity contribution >= 4 is 35.6 Å². The Morgan fingerprint density at radius 3 is 2.83 bits per heavy atom. The predicted molar refractivity (Wildman–Crippen MR) is 130 cm³/mol. The molecule has 0 amide bonds. The van der Waals surface area contributed by atoms with Gasteiger partial charge >= 0.3 is 0 Å². The normalized spacial score (nSPS) is 16.5. The predicted octanol–water partition coefficient (Wildman–Crippen LogP) is 4.47. The van der Waals surface area contributed by atoms with E-state index in [9.17, 15) is 0 Å². The third-order valence-electron chi connectivity index (χ3n) is 4.70. The summed E-state index contributed by atoms with van der Waals surface area (Å²) in [4.78, 5) is 4.74. The lowest BCUT2D eigenvalue weighted by Gasteiger charge is -2.21. The van der Waals surface area contributed by atoms with Crippen molar-refractivity contribution in [1.82, 2.24) is 5.32 Å². The molecule has 1 saturated heterocycles. The number of rotatable bonds is 9. The van der Waals surface area contributed by atoms with Gasteiger partial charge in [-0.15, -0.1) is 24.0 Å².